The summed E-state index contributed by atoms with van der Waals surface area (Å²) < 4.78 is 7.00. The Kier molecular flexibility index (Phi) is 3.58. The molecule has 2 aliphatic rings. The highest BCUT2D eigenvalue weighted by Gasteiger charge is 2.24. The number of carbonyl (C=O) groups is 1. The molecule has 140 valence electrons. The van der Waals surface area contributed by atoms with E-state index in [0.717, 1.165) is 24.2 Å². The van der Waals surface area contributed by atoms with Gasteiger partial charge in [0.05, 0.1) is 17.6 Å². The molecule has 3 aromatic rings. The highest BCUT2D eigenvalue weighted by atomic mass is 16.5. The Bertz CT molecular complexity index is 1140. The molecule has 1 aliphatic heterocycles. The van der Waals surface area contributed by atoms with Gasteiger partial charge in [0.2, 0.25) is 0 Å². The molecule has 0 saturated heterocycles. The monoisotopic (exact) mass is 375 g/mol. The lowest BCUT2D eigenvalue weighted by Gasteiger charge is -2.26. The van der Waals surface area contributed by atoms with Gasteiger partial charge in [-0.2, -0.15) is 9.78 Å². The smallest absolute Gasteiger partial charge is 0.264 e. The largest absolute Gasteiger partial charge is 0.482 e. The second-order valence-electron chi connectivity index (χ2n) is 6.90. The predicted octanol–water partition coefficient (Wildman–Crippen LogP) is 2.27. The van der Waals surface area contributed by atoms with Crippen molar-refractivity contribution in [3.05, 3.63) is 36.2 Å². The van der Waals surface area contributed by atoms with Gasteiger partial charge in [-0.25, -0.2) is 4.98 Å². The first kappa shape index (κ1) is 16.4. The molecule has 1 saturated carbocycles. The third-order valence-corrected chi connectivity index (χ3v) is 4.84. The van der Waals surface area contributed by atoms with Crippen LogP contribution in [0.2, 0.25) is 0 Å². The summed E-state index contributed by atoms with van der Waals surface area (Å²) in [6.07, 6.45) is 3.75. The Hall–Kier alpha value is -3.80. The van der Waals surface area contributed by atoms with E-state index >= 15 is 0 Å². The van der Waals surface area contributed by atoms with Gasteiger partial charge < -0.3 is 20.3 Å². The predicted molar refractivity (Wildman–Crippen MR) is 103 cm³/mol. The molecule has 2 aromatic heterocycles. The van der Waals surface area contributed by atoms with Crippen LogP contribution in [0.3, 0.4) is 0 Å². The Morgan fingerprint density at radius 3 is 2.96 bits per heavy atom. The highest BCUT2D eigenvalue weighted by molar-refractivity contribution is 5.98. The van der Waals surface area contributed by atoms with E-state index in [1.54, 1.807) is 11.9 Å². The topological polar surface area (TPSA) is 108 Å². The lowest BCUT2D eigenvalue weighted by molar-refractivity contribution is -0.120. The minimum Gasteiger partial charge on any atom is -0.482 e. The lowest BCUT2D eigenvalue weighted by atomic mass is 10.2. The van der Waals surface area contributed by atoms with Crippen LogP contribution in [0.25, 0.3) is 5.65 Å². The van der Waals surface area contributed by atoms with Crippen LogP contribution in [0.4, 0.5) is 22.9 Å². The third kappa shape index (κ3) is 2.75. The summed E-state index contributed by atoms with van der Waals surface area (Å²) in [5.41, 5.74) is 3.26. The van der Waals surface area contributed by atoms with Crippen LogP contribution in [0.5, 0.6) is 5.75 Å². The molecule has 0 bridgehead atoms. The van der Waals surface area contributed by atoms with Crippen molar-refractivity contribution in [3.8, 4) is 11.8 Å². The van der Waals surface area contributed by atoms with E-state index in [0.29, 0.717) is 34.6 Å². The molecule has 0 unspecified atom stereocenters. The number of nitriles is 1. The van der Waals surface area contributed by atoms with Gasteiger partial charge in [-0.3, -0.25) is 4.79 Å². The van der Waals surface area contributed by atoms with E-state index in [-0.39, 0.29) is 12.5 Å². The molecule has 3 heterocycles. The third-order valence-electron chi connectivity index (χ3n) is 4.84. The molecular formula is C19H17N7O2. The van der Waals surface area contributed by atoms with Gasteiger partial charge in [0, 0.05) is 24.8 Å². The number of nitrogens with one attached hydrogen (secondary N) is 2. The van der Waals surface area contributed by atoms with E-state index < -0.39 is 0 Å². The molecule has 28 heavy (non-hydrogen) atoms. The zero-order chi connectivity index (χ0) is 19.3. The maximum absolute atomic E-state index is 11.9. The van der Waals surface area contributed by atoms with Crippen molar-refractivity contribution in [2.24, 2.45) is 0 Å². The first-order valence-electron chi connectivity index (χ1n) is 8.98. The standard InChI is InChI=1S/C19H17N7O2/c1-25-15-6-12(4-5-16(15)28-10-18(25)27)23-17-7-14(22-11-2-3-11)19-21-9-13(8-20)26(19)24-17/h4-7,9,11,22H,2-3,10H2,1H3,(H,23,24). The average Bonchev–Trinajstić information content (AvgIpc) is 3.41. The molecule has 0 radical (unpaired) electrons. The quantitative estimate of drug-likeness (QED) is 0.720. The van der Waals surface area contributed by atoms with Crippen molar-refractivity contribution >= 4 is 34.4 Å². The van der Waals surface area contributed by atoms with Crippen LogP contribution in [-0.4, -0.2) is 40.2 Å². The zero-order valence-corrected chi connectivity index (χ0v) is 15.1. The minimum absolute atomic E-state index is 0.0439. The van der Waals surface area contributed by atoms with Crippen molar-refractivity contribution < 1.29 is 9.53 Å². The van der Waals surface area contributed by atoms with Crippen molar-refractivity contribution in [3.63, 3.8) is 0 Å². The molecule has 9 nitrogen and oxygen atoms in total. The Morgan fingerprint density at radius 2 is 2.18 bits per heavy atom. The van der Waals surface area contributed by atoms with Crippen LogP contribution in [0.1, 0.15) is 18.5 Å². The summed E-state index contributed by atoms with van der Waals surface area (Å²) in [7, 11) is 1.72. The van der Waals surface area contributed by atoms with Gasteiger partial charge in [0.1, 0.15) is 11.8 Å². The van der Waals surface area contributed by atoms with Crippen LogP contribution >= 0.6 is 0 Å². The fourth-order valence-electron chi connectivity index (χ4n) is 3.16. The van der Waals surface area contributed by atoms with Crippen LogP contribution in [0.15, 0.2) is 30.5 Å². The molecular weight excluding hydrogens is 358 g/mol. The number of benzene rings is 1. The van der Waals surface area contributed by atoms with Crippen molar-refractivity contribution in [2.45, 2.75) is 18.9 Å². The zero-order valence-electron chi connectivity index (χ0n) is 15.1. The first-order chi connectivity index (χ1) is 13.6. The lowest BCUT2D eigenvalue weighted by Crippen LogP contribution is -2.35. The van der Waals surface area contributed by atoms with E-state index in [1.807, 2.05) is 24.3 Å². The summed E-state index contributed by atoms with van der Waals surface area (Å²) in [5, 5.41) is 20.5. The number of rotatable bonds is 4. The Balaban J connectivity index is 1.53. The second kappa shape index (κ2) is 6.13. The number of likely N-dealkylation sites (N-methyl/N-ethyl adjacent to an activating group) is 1. The number of carbonyl (C=O) groups excluding carboxylic acids is 1. The number of anilines is 4. The summed E-state index contributed by atoms with van der Waals surface area (Å²) >= 11 is 0. The summed E-state index contributed by atoms with van der Waals surface area (Å²) in [4.78, 5) is 17.8. The first-order valence-corrected chi connectivity index (χ1v) is 8.98. The van der Waals surface area contributed by atoms with E-state index in [2.05, 4.69) is 26.8 Å². The maximum Gasteiger partial charge on any atom is 0.264 e. The van der Waals surface area contributed by atoms with Gasteiger partial charge in [-0.05, 0) is 31.0 Å². The van der Waals surface area contributed by atoms with Gasteiger partial charge in [-0.15, -0.1) is 5.10 Å². The number of imidazole rings is 1. The maximum atomic E-state index is 11.9. The van der Waals surface area contributed by atoms with E-state index in [1.165, 1.54) is 10.7 Å². The number of nitrogens with zero attached hydrogens (tertiary/aromatic N) is 5. The molecule has 2 N–H and O–H groups in total. The van der Waals surface area contributed by atoms with Crippen molar-refractivity contribution in [2.75, 3.05) is 29.2 Å². The summed E-state index contributed by atoms with van der Waals surface area (Å²) in [6.45, 7) is 0.0439. The van der Waals surface area contributed by atoms with Crippen LogP contribution in [0, 0.1) is 11.3 Å². The van der Waals surface area contributed by atoms with Gasteiger partial charge in [0.15, 0.2) is 23.8 Å². The molecule has 1 amide bonds. The van der Waals surface area contributed by atoms with Crippen LogP contribution < -0.4 is 20.3 Å². The van der Waals surface area contributed by atoms with Gasteiger partial charge in [-0.1, -0.05) is 0 Å². The van der Waals surface area contributed by atoms with Crippen molar-refractivity contribution in [1.82, 2.24) is 14.6 Å². The number of fused-ring (bicyclic) bond motifs is 2. The van der Waals surface area contributed by atoms with E-state index in [9.17, 15) is 10.1 Å². The number of amides is 1. The molecule has 1 aliphatic carbocycles. The second-order valence-corrected chi connectivity index (χ2v) is 6.90. The average molecular weight is 375 g/mol. The van der Waals surface area contributed by atoms with Crippen LogP contribution in [-0.2, 0) is 4.79 Å². The summed E-state index contributed by atoms with van der Waals surface area (Å²) in [6, 6.07) is 9.95. The molecule has 1 aromatic carbocycles. The SMILES string of the molecule is CN1C(=O)COc2ccc(Nc3cc(NC4CC4)c4ncc(C#N)n4n3)cc21. The number of aromatic nitrogens is 3. The fraction of sp³-hybridized carbons (Fsp3) is 0.263. The summed E-state index contributed by atoms with van der Waals surface area (Å²) in [5.74, 6) is 1.13. The molecule has 5 rings (SSSR count). The van der Waals surface area contributed by atoms with Crippen molar-refractivity contribution in [1.29, 1.82) is 5.26 Å². The Labute approximate surface area is 160 Å². The fourth-order valence-corrected chi connectivity index (χ4v) is 3.16. The number of hydrogen-bond acceptors (Lipinski definition) is 7. The van der Waals surface area contributed by atoms with Gasteiger partial charge >= 0.3 is 0 Å². The minimum atomic E-state index is -0.0998. The van der Waals surface area contributed by atoms with E-state index in [4.69, 9.17) is 4.74 Å². The normalized spacial score (nSPS) is 15.7. The van der Waals surface area contributed by atoms with Gasteiger partial charge in [0.25, 0.3) is 5.91 Å². The Morgan fingerprint density at radius 1 is 1.32 bits per heavy atom. The molecule has 1 fully saturated rings. The molecule has 0 atom stereocenters. The number of ether oxygens (including phenoxy) is 1. The molecule has 0 spiro atoms. The molecule has 9 heteroatoms. The highest BCUT2D eigenvalue weighted by Crippen LogP contribution is 2.35. The number of hydrogen-bond donors (Lipinski definition) is 2.